The van der Waals surface area contributed by atoms with Crippen molar-refractivity contribution in [1.29, 1.82) is 0 Å². The molecule has 0 radical (unpaired) electrons. The molecule has 1 unspecified atom stereocenters. The molecule has 0 heterocycles. The monoisotopic (exact) mass is 282 g/mol. The zero-order valence-corrected chi connectivity index (χ0v) is 11.3. The van der Waals surface area contributed by atoms with Gasteiger partial charge in [0.2, 0.25) is 0 Å². The quantitative estimate of drug-likeness (QED) is 0.362. The van der Waals surface area contributed by atoms with Crippen LogP contribution in [0.3, 0.4) is 0 Å². The average Bonchev–Trinajstić information content (AvgIpc) is 2.28. The maximum atomic E-state index is 5.61. The molecule has 0 aliphatic heterocycles. The largest absolute Gasteiger partial charge is 0.271 e. The van der Waals surface area contributed by atoms with Crippen molar-refractivity contribution in [3.63, 3.8) is 0 Å². The number of allylic oxidation sites excluding steroid dienone is 1. The lowest BCUT2D eigenvalue weighted by molar-refractivity contribution is 0.499. The third kappa shape index (κ3) is 3.74. The van der Waals surface area contributed by atoms with E-state index in [1.807, 2.05) is 6.08 Å². The highest BCUT2D eigenvalue weighted by molar-refractivity contribution is 9.10. The van der Waals surface area contributed by atoms with Gasteiger partial charge in [-0.2, -0.15) is 0 Å². The number of hydrogen-bond acceptors (Lipinski definition) is 2. The topological polar surface area (TPSA) is 38.0 Å². The molecular formula is C13H19BrN2. The summed E-state index contributed by atoms with van der Waals surface area (Å²) in [5.74, 6) is 5.61. The molecular weight excluding hydrogens is 264 g/mol. The van der Waals surface area contributed by atoms with Crippen molar-refractivity contribution in [3.8, 4) is 0 Å². The molecule has 1 aromatic rings. The summed E-state index contributed by atoms with van der Waals surface area (Å²) in [5, 5.41) is 0. The smallest absolute Gasteiger partial charge is 0.0471 e. The Morgan fingerprint density at radius 1 is 1.56 bits per heavy atom. The highest BCUT2D eigenvalue weighted by atomic mass is 79.9. The van der Waals surface area contributed by atoms with Crippen molar-refractivity contribution in [2.45, 2.75) is 32.2 Å². The van der Waals surface area contributed by atoms with Gasteiger partial charge in [-0.25, -0.2) is 0 Å². The Balaban J connectivity index is 2.77. The van der Waals surface area contributed by atoms with Crippen molar-refractivity contribution in [1.82, 2.24) is 5.43 Å². The standard InChI is InChI=1S/C13H19BrN2/c1-3-4-5-6-13(16-15)11-9-10(2)7-8-12(11)14/h3,7-9,13,16H,1,4-6,15H2,2H3. The van der Waals surface area contributed by atoms with Gasteiger partial charge in [-0.05, 0) is 37.8 Å². The maximum absolute atomic E-state index is 5.61. The van der Waals surface area contributed by atoms with Crippen molar-refractivity contribution >= 4 is 15.9 Å². The first-order valence-electron chi connectivity index (χ1n) is 5.52. The second-order valence-electron chi connectivity index (χ2n) is 3.96. The SMILES string of the molecule is C=CCCCC(NN)c1cc(C)ccc1Br. The molecule has 0 saturated carbocycles. The normalized spacial score (nSPS) is 12.4. The Labute approximate surface area is 106 Å². The lowest BCUT2D eigenvalue weighted by atomic mass is 10.00. The van der Waals surface area contributed by atoms with Gasteiger partial charge in [0.15, 0.2) is 0 Å². The number of hydrogen-bond donors (Lipinski definition) is 2. The summed E-state index contributed by atoms with van der Waals surface area (Å²) in [6.45, 7) is 5.82. The van der Waals surface area contributed by atoms with Gasteiger partial charge in [-0.15, -0.1) is 6.58 Å². The van der Waals surface area contributed by atoms with E-state index < -0.39 is 0 Å². The molecule has 3 N–H and O–H groups in total. The van der Waals surface area contributed by atoms with Crippen LogP contribution in [0.5, 0.6) is 0 Å². The molecule has 0 bridgehead atoms. The zero-order chi connectivity index (χ0) is 12.0. The number of benzene rings is 1. The summed E-state index contributed by atoms with van der Waals surface area (Å²) < 4.78 is 1.11. The van der Waals surface area contributed by atoms with E-state index in [2.05, 4.69) is 53.1 Å². The van der Waals surface area contributed by atoms with Crippen LogP contribution in [0.15, 0.2) is 35.3 Å². The van der Waals surface area contributed by atoms with Gasteiger partial charge < -0.3 is 0 Å². The molecule has 16 heavy (non-hydrogen) atoms. The lowest BCUT2D eigenvalue weighted by Crippen LogP contribution is -2.28. The molecule has 0 aromatic heterocycles. The van der Waals surface area contributed by atoms with Crippen molar-refractivity contribution < 1.29 is 0 Å². The van der Waals surface area contributed by atoms with E-state index in [-0.39, 0.29) is 6.04 Å². The van der Waals surface area contributed by atoms with Gasteiger partial charge in [0.1, 0.15) is 0 Å². The van der Waals surface area contributed by atoms with E-state index in [4.69, 9.17) is 5.84 Å². The van der Waals surface area contributed by atoms with Gasteiger partial charge in [-0.1, -0.05) is 39.7 Å². The number of halogens is 1. The first kappa shape index (κ1) is 13.4. The van der Waals surface area contributed by atoms with Crippen LogP contribution in [-0.2, 0) is 0 Å². The van der Waals surface area contributed by atoms with E-state index in [0.717, 1.165) is 23.7 Å². The van der Waals surface area contributed by atoms with Crippen LogP contribution in [0.2, 0.25) is 0 Å². The molecule has 1 aromatic carbocycles. The van der Waals surface area contributed by atoms with Gasteiger partial charge in [0.25, 0.3) is 0 Å². The van der Waals surface area contributed by atoms with E-state index in [1.54, 1.807) is 0 Å². The third-order valence-corrected chi connectivity index (χ3v) is 3.35. The highest BCUT2D eigenvalue weighted by Gasteiger charge is 2.12. The first-order chi connectivity index (χ1) is 7.69. The number of hydrazine groups is 1. The Kier molecular flexibility index (Phi) is 5.74. The summed E-state index contributed by atoms with van der Waals surface area (Å²) in [6, 6.07) is 6.53. The minimum Gasteiger partial charge on any atom is -0.271 e. The summed E-state index contributed by atoms with van der Waals surface area (Å²) in [7, 11) is 0. The van der Waals surface area contributed by atoms with Crippen molar-refractivity contribution in [3.05, 3.63) is 46.5 Å². The molecule has 0 saturated heterocycles. The van der Waals surface area contributed by atoms with Crippen LogP contribution in [0.4, 0.5) is 0 Å². The minimum atomic E-state index is 0.203. The van der Waals surface area contributed by atoms with Crippen LogP contribution in [0.25, 0.3) is 0 Å². The van der Waals surface area contributed by atoms with Crippen LogP contribution >= 0.6 is 15.9 Å². The van der Waals surface area contributed by atoms with Crippen LogP contribution in [0.1, 0.15) is 36.4 Å². The molecule has 2 nitrogen and oxygen atoms in total. The second kappa shape index (κ2) is 6.84. The molecule has 0 aliphatic rings. The molecule has 1 atom stereocenters. The first-order valence-corrected chi connectivity index (χ1v) is 6.31. The van der Waals surface area contributed by atoms with Crippen LogP contribution in [0, 0.1) is 6.92 Å². The highest BCUT2D eigenvalue weighted by Crippen LogP contribution is 2.27. The Bertz CT molecular complexity index is 350. The van der Waals surface area contributed by atoms with E-state index in [1.165, 1.54) is 11.1 Å². The fraction of sp³-hybridized carbons (Fsp3) is 0.385. The van der Waals surface area contributed by atoms with Gasteiger partial charge in [0, 0.05) is 10.5 Å². The van der Waals surface area contributed by atoms with E-state index in [9.17, 15) is 0 Å². The Morgan fingerprint density at radius 2 is 2.31 bits per heavy atom. The summed E-state index contributed by atoms with van der Waals surface area (Å²) in [5.41, 5.74) is 5.36. The second-order valence-corrected chi connectivity index (χ2v) is 4.82. The summed E-state index contributed by atoms with van der Waals surface area (Å²) in [4.78, 5) is 0. The number of nitrogens with one attached hydrogen (secondary N) is 1. The van der Waals surface area contributed by atoms with Crippen molar-refractivity contribution in [2.24, 2.45) is 5.84 Å². The molecule has 1 rings (SSSR count). The molecule has 88 valence electrons. The van der Waals surface area contributed by atoms with Gasteiger partial charge in [-0.3, -0.25) is 11.3 Å². The van der Waals surface area contributed by atoms with E-state index >= 15 is 0 Å². The maximum Gasteiger partial charge on any atom is 0.0471 e. The number of rotatable bonds is 6. The Hall–Kier alpha value is -0.640. The number of nitrogens with two attached hydrogens (primary N) is 1. The Morgan fingerprint density at radius 3 is 2.94 bits per heavy atom. The predicted octanol–water partition coefficient (Wildman–Crippen LogP) is 3.62. The summed E-state index contributed by atoms with van der Waals surface area (Å²) in [6.07, 6.45) is 5.09. The minimum absolute atomic E-state index is 0.203. The van der Waals surface area contributed by atoms with Crippen molar-refractivity contribution in [2.75, 3.05) is 0 Å². The van der Waals surface area contributed by atoms with E-state index in [0.29, 0.717) is 0 Å². The zero-order valence-electron chi connectivity index (χ0n) is 9.67. The predicted molar refractivity (Wildman–Crippen MR) is 73.0 cm³/mol. The van der Waals surface area contributed by atoms with Crippen LogP contribution in [-0.4, -0.2) is 0 Å². The fourth-order valence-electron chi connectivity index (χ4n) is 1.73. The fourth-order valence-corrected chi connectivity index (χ4v) is 2.25. The number of aryl methyl sites for hydroxylation is 1. The molecule has 3 heteroatoms. The lowest BCUT2D eigenvalue weighted by Gasteiger charge is -2.18. The molecule has 0 spiro atoms. The summed E-state index contributed by atoms with van der Waals surface area (Å²) >= 11 is 3.57. The van der Waals surface area contributed by atoms with Gasteiger partial charge >= 0.3 is 0 Å². The average molecular weight is 283 g/mol. The van der Waals surface area contributed by atoms with Gasteiger partial charge in [0.05, 0.1) is 0 Å². The van der Waals surface area contributed by atoms with Crippen LogP contribution < -0.4 is 11.3 Å². The molecule has 0 amide bonds. The number of unbranched alkanes of at least 4 members (excludes halogenated alkanes) is 1. The molecule has 0 fully saturated rings. The molecule has 0 aliphatic carbocycles. The third-order valence-electron chi connectivity index (χ3n) is 2.63.